The smallest absolute Gasteiger partial charge is 0.322 e. The molecule has 0 radical (unpaired) electrons. The van der Waals surface area contributed by atoms with Gasteiger partial charge in [0, 0.05) is 22.3 Å². The van der Waals surface area contributed by atoms with Crippen molar-refractivity contribution in [3.8, 4) is 0 Å². The van der Waals surface area contributed by atoms with Gasteiger partial charge in [0.2, 0.25) is 21.8 Å². The molecule has 11 nitrogen and oxygen atoms in total. The van der Waals surface area contributed by atoms with Crippen molar-refractivity contribution < 1.29 is 27.9 Å². The first-order chi connectivity index (χ1) is 16.9. The normalized spacial score (nSPS) is 16.8. The number of anilines is 1. The summed E-state index contributed by atoms with van der Waals surface area (Å²) in [7, 11) is -4.04. The van der Waals surface area contributed by atoms with Gasteiger partial charge in [-0.3, -0.25) is 19.8 Å². The largest absolute Gasteiger partial charge is 0.480 e. The highest BCUT2D eigenvalue weighted by molar-refractivity contribution is 9.10. The lowest BCUT2D eigenvalue weighted by Crippen LogP contribution is -2.40. The van der Waals surface area contributed by atoms with E-state index in [9.17, 15) is 27.9 Å². The Kier molecular flexibility index (Phi) is 8.48. The number of amides is 2. The lowest BCUT2D eigenvalue weighted by molar-refractivity contribution is -0.140. The number of aliphatic carboxylic acids is 1. The number of amidine groups is 1. The SMILES string of the molecule is CC(NC(=O)CC(=O)Nc1ccc(C(=N)N)cc1)c1ccc(S(=O)(=O)N2CCCC2C(=O)O)c(Br)c1. The summed E-state index contributed by atoms with van der Waals surface area (Å²) in [6.45, 7) is 1.82. The van der Waals surface area contributed by atoms with Gasteiger partial charge in [0.25, 0.3) is 0 Å². The average molecular weight is 580 g/mol. The molecule has 2 aromatic rings. The standard InChI is InChI=1S/C23H26BrN5O6S/c1-13(27-20(30)12-21(31)28-16-7-4-14(5-8-16)22(25)26)15-6-9-19(17(24)11-15)36(34,35)29-10-2-3-18(29)23(32)33/h4-9,11,13,18H,2-3,10,12H2,1H3,(H3,25,26)(H,27,30)(H,28,31)(H,32,33). The molecule has 2 unspecified atom stereocenters. The van der Waals surface area contributed by atoms with Gasteiger partial charge in [0.15, 0.2) is 0 Å². The molecule has 192 valence electrons. The van der Waals surface area contributed by atoms with Gasteiger partial charge >= 0.3 is 5.97 Å². The molecule has 36 heavy (non-hydrogen) atoms. The van der Waals surface area contributed by atoms with Crippen molar-refractivity contribution in [2.75, 3.05) is 11.9 Å². The molecule has 0 saturated carbocycles. The molecule has 2 atom stereocenters. The van der Waals surface area contributed by atoms with Crippen LogP contribution in [0.25, 0.3) is 0 Å². The summed E-state index contributed by atoms with van der Waals surface area (Å²) in [6, 6.07) is 9.11. The van der Waals surface area contributed by atoms with E-state index in [0.717, 1.165) is 4.31 Å². The van der Waals surface area contributed by atoms with Crippen LogP contribution in [0.1, 0.15) is 43.4 Å². The van der Waals surface area contributed by atoms with Crippen LogP contribution in [0.15, 0.2) is 51.8 Å². The maximum Gasteiger partial charge on any atom is 0.322 e. The molecule has 3 rings (SSSR count). The number of nitrogens with one attached hydrogen (secondary N) is 3. The number of carboxylic acids is 1. The van der Waals surface area contributed by atoms with Gasteiger partial charge in [0.1, 0.15) is 18.3 Å². The van der Waals surface area contributed by atoms with Crippen molar-refractivity contribution in [3.63, 3.8) is 0 Å². The first-order valence-corrected chi connectivity index (χ1v) is 13.2. The Hall–Kier alpha value is -3.29. The molecule has 1 saturated heterocycles. The van der Waals surface area contributed by atoms with Gasteiger partial charge in [-0.1, -0.05) is 6.07 Å². The molecule has 0 aromatic heterocycles. The quantitative estimate of drug-likeness (QED) is 0.171. The number of benzene rings is 2. The number of hydrogen-bond acceptors (Lipinski definition) is 6. The molecule has 1 aliphatic rings. The second-order valence-corrected chi connectivity index (χ2v) is 11.0. The van der Waals surface area contributed by atoms with E-state index in [0.29, 0.717) is 23.2 Å². The van der Waals surface area contributed by atoms with E-state index in [-0.39, 0.29) is 28.2 Å². The molecular formula is C23H26BrN5O6S. The van der Waals surface area contributed by atoms with Gasteiger partial charge in [-0.2, -0.15) is 4.31 Å². The van der Waals surface area contributed by atoms with Crippen LogP contribution in [0.3, 0.4) is 0 Å². The van der Waals surface area contributed by atoms with Gasteiger partial charge < -0.3 is 21.5 Å². The summed E-state index contributed by atoms with van der Waals surface area (Å²) in [5.74, 6) is -2.35. The zero-order valence-corrected chi connectivity index (χ0v) is 21.7. The van der Waals surface area contributed by atoms with Crippen molar-refractivity contribution >= 4 is 55.3 Å². The highest BCUT2D eigenvalue weighted by atomic mass is 79.9. The Morgan fingerprint density at radius 1 is 1.19 bits per heavy atom. The van der Waals surface area contributed by atoms with E-state index in [1.54, 1.807) is 37.3 Å². The molecule has 1 heterocycles. The summed E-state index contributed by atoms with van der Waals surface area (Å²) in [5.41, 5.74) is 6.94. The predicted molar refractivity (Wildman–Crippen MR) is 136 cm³/mol. The molecule has 1 fully saturated rings. The molecule has 2 aromatic carbocycles. The van der Waals surface area contributed by atoms with E-state index in [4.69, 9.17) is 11.1 Å². The number of nitrogens with two attached hydrogens (primary N) is 1. The highest BCUT2D eigenvalue weighted by Gasteiger charge is 2.40. The van der Waals surface area contributed by atoms with Gasteiger partial charge in [-0.15, -0.1) is 0 Å². The first-order valence-electron chi connectivity index (χ1n) is 11.0. The van der Waals surface area contributed by atoms with Crippen LogP contribution in [0.5, 0.6) is 0 Å². The van der Waals surface area contributed by atoms with Crippen LogP contribution in [-0.4, -0.2) is 54.0 Å². The summed E-state index contributed by atoms with van der Waals surface area (Å²) in [6.07, 6.45) is 0.287. The zero-order chi connectivity index (χ0) is 26.6. The maximum atomic E-state index is 13.1. The lowest BCUT2D eigenvalue weighted by Gasteiger charge is -2.22. The predicted octanol–water partition coefficient (Wildman–Crippen LogP) is 2.18. The van der Waals surface area contributed by atoms with Crippen molar-refractivity contribution in [2.45, 2.75) is 43.2 Å². The molecule has 6 N–H and O–H groups in total. The molecule has 2 amide bonds. The number of halogens is 1. The minimum atomic E-state index is -4.04. The van der Waals surface area contributed by atoms with E-state index in [1.807, 2.05) is 0 Å². The fourth-order valence-corrected chi connectivity index (χ4v) is 6.56. The van der Waals surface area contributed by atoms with Crippen LogP contribution >= 0.6 is 15.9 Å². The topological polar surface area (TPSA) is 183 Å². The Labute approximate surface area is 216 Å². The second-order valence-electron chi connectivity index (χ2n) is 8.31. The maximum absolute atomic E-state index is 13.1. The van der Waals surface area contributed by atoms with Gasteiger partial charge in [-0.05, 0) is 77.7 Å². The van der Waals surface area contributed by atoms with Crippen molar-refractivity contribution in [1.82, 2.24) is 9.62 Å². The summed E-state index contributed by atoms with van der Waals surface area (Å²) in [4.78, 5) is 36.0. The molecule has 0 bridgehead atoms. The third-order valence-electron chi connectivity index (χ3n) is 5.71. The van der Waals surface area contributed by atoms with Crippen LogP contribution in [-0.2, 0) is 24.4 Å². The van der Waals surface area contributed by atoms with Crippen LogP contribution in [0.4, 0.5) is 5.69 Å². The summed E-state index contributed by atoms with van der Waals surface area (Å²) in [5, 5.41) is 22.0. The van der Waals surface area contributed by atoms with Crippen LogP contribution in [0.2, 0.25) is 0 Å². The monoisotopic (exact) mass is 579 g/mol. The number of carbonyl (C=O) groups is 3. The molecule has 0 spiro atoms. The number of nitrogens with zero attached hydrogens (tertiary/aromatic N) is 1. The van der Waals surface area contributed by atoms with Crippen molar-refractivity contribution in [1.29, 1.82) is 5.41 Å². The second kappa shape index (κ2) is 11.2. The third-order valence-corrected chi connectivity index (χ3v) is 8.59. The zero-order valence-electron chi connectivity index (χ0n) is 19.3. The highest BCUT2D eigenvalue weighted by Crippen LogP contribution is 2.32. The van der Waals surface area contributed by atoms with E-state index in [1.165, 1.54) is 12.1 Å². The van der Waals surface area contributed by atoms with Crippen LogP contribution in [0, 0.1) is 5.41 Å². The number of carbonyl (C=O) groups excluding carboxylic acids is 2. The number of hydrogen-bond donors (Lipinski definition) is 5. The van der Waals surface area contributed by atoms with Crippen LogP contribution < -0.4 is 16.4 Å². The third kappa shape index (κ3) is 6.28. The Morgan fingerprint density at radius 2 is 1.86 bits per heavy atom. The van der Waals surface area contributed by atoms with Gasteiger partial charge in [-0.25, -0.2) is 8.42 Å². The molecule has 13 heteroatoms. The van der Waals surface area contributed by atoms with E-state index >= 15 is 0 Å². The Morgan fingerprint density at radius 3 is 2.44 bits per heavy atom. The Balaban J connectivity index is 1.62. The average Bonchev–Trinajstić information content (AvgIpc) is 3.30. The molecule has 0 aliphatic carbocycles. The van der Waals surface area contributed by atoms with E-state index in [2.05, 4.69) is 26.6 Å². The minimum Gasteiger partial charge on any atom is -0.480 e. The fourth-order valence-electron chi connectivity index (χ4n) is 3.86. The van der Waals surface area contributed by atoms with Gasteiger partial charge in [0.05, 0.1) is 10.9 Å². The van der Waals surface area contributed by atoms with E-state index < -0.39 is 46.3 Å². The first kappa shape index (κ1) is 27.3. The number of nitrogen functional groups attached to an aromatic ring is 1. The van der Waals surface area contributed by atoms with Crippen molar-refractivity contribution in [2.24, 2.45) is 5.73 Å². The van der Waals surface area contributed by atoms with Crippen molar-refractivity contribution in [3.05, 3.63) is 58.1 Å². The minimum absolute atomic E-state index is 0.0619. The molecule has 1 aliphatic heterocycles. The molecular weight excluding hydrogens is 554 g/mol. The lowest BCUT2D eigenvalue weighted by atomic mass is 10.1. The number of carboxylic acid groups (broad SMARTS) is 1. The number of sulfonamides is 1. The fraction of sp³-hybridized carbons (Fsp3) is 0.304. The Bertz CT molecular complexity index is 1300. The summed E-state index contributed by atoms with van der Waals surface area (Å²) >= 11 is 3.26. The summed E-state index contributed by atoms with van der Waals surface area (Å²) < 4.78 is 27.3. The number of rotatable bonds is 9.